The maximum absolute atomic E-state index is 11.5. The van der Waals surface area contributed by atoms with Crippen molar-refractivity contribution in [2.24, 2.45) is 0 Å². The third-order valence-corrected chi connectivity index (χ3v) is 2.25. The van der Waals surface area contributed by atoms with E-state index in [0.29, 0.717) is 5.16 Å². The van der Waals surface area contributed by atoms with Crippen LogP contribution in [0.5, 0.6) is 0 Å². The SMILES string of the molecule is CSc1nc(=O)n(C(C)(C)C)c(=O)[nH]1.[H-].[Na+]. The van der Waals surface area contributed by atoms with Crippen LogP contribution in [0.25, 0.3) is 0 Å². The summed E-state index contributed by atoms with van der Waals surface area (Å²) in [6.45, 7) is 5.35. The van der Waals surface area contributed by atoms with Gasteiger partial charge in [0.25, 0.3) is 0 Å². The van der Waals surface area contributed by atoms with Gasteiger partial charge in [0.1, 0.15) is 0 Å². The van der Waals surface area contributed by atoms with Gasteiger partial charge in [0.15, 0.2) is 5.16 Å². The fourth-order valence-electron chi connectivity index (χ4n) is 1.09. The van der Waals surface area contributed by atoms with Crippen molar-refractivity contribution in [2.45, 2.75) is 31.5 Å². The molecule has 0 aliphatic heterocycles. The van der Waals surface area contributed by atoms with Crippen molar-refractivity contribution >= 4 is 11.8 Å². The molecule has 80 valence electrons. The predicted octanol–water partition coefficient (Wildman–Crippen LogP) is -2.47. The summed E-state index contributed by atoms with van der Waals surface area (Å²) in [6, 6.07) is 0. The third-order valence-electron chi connectivity index (χ3n) is 1.67. The summed E-state index contributed by atoms with van der Waals surface area (Å²) in [6.07, 6.45) is 1.75. The first-order chi connectivity index (χ1) is 6.36. The summed E-state index contributed by atoms with van der Waals surface area (Å²) in [5, 5.41) is 0.348. The summed E-state index contributed by atoms with van der Waals surface area (Å²) in [5.74, 6) is 0. The number of H-pyrrole nitrogens is 1. The molecule has 0 aliphatic carbocycles. The van der Waals surface area contributed by atoms with Crippen molar-refractivity contribution in [3.63, 3.8) is 0 Å². The smallest absolute Gasteiger partial charge is 1.00 e. The van der Waals surface area contributed by atoms with Gasteiger partial charge in [-0.1, -0.05) is 11.8 Å². The number of aromatic nitrogens is 3. The number of hydrogen-bond donors (Lipinski definition) is 1. The number of aromatic amines is 1. The van der Waals surface area contributed by atoms with E-state index in [1.165, 1.54) is 11.8 Å². The van der Waals surface area contributed by atoms with Gasteiger partial charge in [-0.3, -0.25) is 4.98 Å². The Morgan fingerprint density at radius 1 is 1.40 bits per heavy atom. The quantitative estimate of drug-likeness (QED) is 0.435. The monoisotopic (exact) mass is 239 g/mol. The van der Waals surface area contributed by atoms with Crippen LogP contribution in [-0.4, -0.2) is 20.8 Å². The molecule has 0 aliphatic rings. The summed E-state index contributed by atoms with van der Waals surface area (Å²) in [5.41, 5.74) is -1.47. The minimum Gasteiger partial charge on any atom is -1.00 e. The Morgan fingerprint density at radius 2 is 1.93 bits per heavy atom. The van der Waals surface area contributed by atoms with Gasteiger partial charge < -0.3 is 1.43 Å². The summed E-state index contributed by atoms with van der Waals surface area (Å²) < 4.78 is 1.10. The Balaban J connectivity index is 0. The van der Waals surface area contributed by atoms with Crippen LogP contribution in [0.1, 0.15) is 22.2 Å². The Morgan fingerprint density at radius 3 is 2.27 bits per heavy atom. The first kappa shape index (κ1) is 15.0. The molecule has 5 nitrogen and oxygen atoms in total. The number of nitrogens with one attached hydrogen (secondary N) is 1. The van der Waals surface area contributed by atoms with Crippen LogP contribution in [0.2, 0.25) is 0 Å². The molecular formula is C8H14N3NaO2S. The Bertz CT molecular complexity index is 421. The molecule has 0 amide bonds. The van der Waals surface area contributed by atoms with E-state index < -0.39 is 16.9 Å². The first-order valence-electron chi connectivity index (χ1n) is 4.14. The van der Waals surface area contributed by atoms with Crippen LogP contribution < -0.4 is 40.9 Å². The minimum absolute atomic E-state index is 0. The Kier molecular flexibility index (Phi) is 5.32. The van der Waals surface area contributed by atoms with Crippen LogP contribution in [0, 0.1) is 0 Å². The molecule has 0 atom stereocenters. The molecule has 0 spiro atoms. The molecule has 0 fully saturated rings. The molecule has 1 aromatic heterocycles. The van der Waals surface area contributed by atoms with Gasteiger partial charge in [-0.05, 0) is 27.0 Å². The molecule has 1 N–H and O–H groups in total. The fourth-order valence-corrected chi connectivity index (χ4v) is 1.45. The molecule has 1 rings (SSSR count). The molecule has 0 aromatic carbocycles. The number of nitrogens with zero attached hydrogens (tertiary/aromatic N) is 2. The van der Waals surface area contributed by atoms with Gasteiger partial charge in [0, 0.05) is 5.54 Å². The maximum atomic E-state index is 11.5. The molecular weight excluding hydrogens is 225 g/mol. The summed E-state index contributed by atoms with van der Waals surface area (Å²) in [4.78, 5) is 29.3. The molecule has 1 aromatic rings. The second-order valence-electron chi connectivity index (χ2n) is 3.84. The van der Waals surface area contributed by atoms with Crippen molar-refractivity contribution in [2.75, 3.05) is 6.26 Å². The van der Waals surface area contributed by atoms with E-state index in [9.17, 15) is 9.59 Å². The maximum Gasteiger partial charge on any atom is 1.00 e. The molecule has 0 bridgehead atoms. The van der Waals surface area contributed by atoms with E-state index in [0.717, 1.165) is 4.57 Å². The largest absolute Gasteiger partial charge is 1.00 e. The van der Waals surface area contributed by atoms with E-state index in [-0.39, 0.29) is 31.0 Å². The first-order valence-corrected chi connectivity index (χ1v) is 5.36. The van der Waals surface area contributed by atoms with Crippen LogP contribution in [0.3, 0.4) is 0 Å². The average Bonchev–Trinajstić information content (AvgIpc) is 1.99. The predicted molar refractivity (Wildman–Crippen MR) is 57.0 cm³/mol. The zero-order valence-corrected chi connectivity index (χ0v) is 12.4. The number of rotatable bonds is 1. The van der Waals surface area contributed by atoms with Gasteiger partial charge >= 0.3 is 40.9 Å². The van der Waals surface area contributed by atoms with E-state index in [2.05, 4.69) is 9.97 Å². The number of thioether (sulfide) groups is 1. The van der Waals surface area contributed by atoms with Gasteiger partial charge in [-0.15, -0.1) is 0 Å². The van der Waals surface area contributed by atoms with Gasteiger partial charge in [-0.2, -0.15) is 4.98 Å². The van der Waals surface area contributed by atoms with Crippen LogP contribution in [-0.2, 0) is 5.54 Å². The second-order valence-corrected chi connectivity index (χ2v) is 4.63. The topological polar surface area (TPSA) is 67.8 Å². The molecule has 1 heterocycles. The van der Waals surface area contributed by atoms with E-state index in [1.807, 2.05) is 0 Å². The summed E-state index contributed by atoms with van der Waals surface area (Å²) >= 11 is 1.24. The van der Waals surface area contributed by atoms with Gasteiger partial charge in [0.05, 0.1) is 0 Å². The van der Waals surface area contributed by atoms with Crippen molar-refractivity contribution in [1.82, 2.24) is 14.5 Å². The van der Waals surface area contributed by atoms with Crippen LogP contribution >= 0.6 is 11.8 Å². The molecule has 0 unspecified atom stereocenters. The normalized spacial score (nSPS) is 10.9. The zero-order chi connectivity index (χ0) is 10.9. The molecule has 0 saturated carbocycles. The molecule has 15 heavy (non-hydrogen) atoms. The van der Waals surface area contributed by atoms with E-state index >= 15 is 0 Å². The minimum atomic E-state index is -0.547. The second kappa shape index (κ2) is 5.34. The third kappa shape index (κ3) is 3.48. The summed E-state index contributed by atoms with van der Waals surface area (Å²) in [7, 11) is 0. The molecule has 0 radical (unpaired) electrons. The number of hydrogen-bond acceptors (Lipinski definition) is 4. The Hall–Kier alpha value is -0.0400. The van der Waals surface area contributed by atoms with Crippen molar-refractivity contribution < 1.29 is 31.0 Å². The standard InChI is InChI=1S/C8H13N3O2S.Na.H/c1-8(2,3)11-6(12)9-5(14-4)10-7(11)13;;/h1-4H3,(H,9,10,12,13);;/q;+1;-1. The van der Waals surface area contributed by atoms with E-state index in [1.54, 1.807) is 27.0 Å². The molecule has 7 heteroatoms. The van der Waals surface area contributed by atoms with Gasteiger partial charge in [0.2, 0.25) is 0 Å². The van der Waals surface area contributed by atoms with Crippen LogP contribution in [0.15, 0.2) is 14.7 Å². The average molecular weight is 239 g/mol. The van der Waals surface area contributed by atoms with Crippen LogP contribution in [0.4, 0.5) is 0 Å². The van der Waals surface area contributed by atoms with Crippen molar-refractivity contribution in [3.05, 3.63) is 21.0 Å². The zero-order valence-electron chi connectivity index (χ0n) is 10.6. The van der Waals surface area contributed by atoms with E-state index in [4.69, 9.17) is 0 Å². The van der Waals surface area contributed by atoms with Gasteiger partial charge in [-0.25, -0.2) is 14.2 Å². The van der Waals surface area contributed by atoms with Crippen molar-refractivity contribution in [3.8, 4) is 0 Å². The Labute approximate surface area is 115 Å². The molecule has 0 saturated heterocycles. The fraction of sp³-hybridized carbons (Fsp3) is 0.625. The van der Waals surface area contributed by atoms with Crippen molar-refractivity contribution in [1.29, 1.82) is 0 Å².